The molecular formula is C4HClF3NOS. The summed E-state index contributed by atoms with van der Waals surface area (Å²) in [7, 11) is 0. The topological polar surface area (TPSA) is 33.1 Å². The third kappa shape index (κ3) is 1.75. The summed E-state index contributed by atoms with van der Waals surface area (Å²) >= 11 is 5.34. The number of alkyl halides is 3. The Morgan fingerprint density at radius 3 is 2.18 bits per heavy atom. The summed E-state index contributed by atoms with van der Waals surface area (Å²) in [6.45, 7) is 0. The van der Waals surface area contributed by atoms with Crippen molar-refractivity contribution in [1.82, 2.24) is 4.98 Å². The van der Waals surface area contributed by atoms with Gasteiger partial charge in [-0.05, 0) is 0 Å². The van der Waals surface area contributed by atoms with Gasteiger partial charge in [0.2, 0.25) is 10.9 Å². The Kier molecular flexibility index (Phi) is 1.98. The smallest absolute Gasteiger partial charge is 0.443 e. The molecule has 0 saturated carbocycles. The molecule has 1 aromatic rings. The van der Waals surface area contributed by atoms with Gasteiger partial charge in [-0.3, -0.25) is 0 Å². The van der Waals surface area contributed by atoms with Gasteiger partial charge in [0.15, 0.2) is 4.34 Å². The van der Waals surface area contributed by atoms with Gasteiger partial charge in [-0.25, -0.2) is 0 Å². The first-order valence-electron chi connectivity index (χ1n) is 2.33. The molecule has 0 spiro atoms. The summed E-state index contributed by atoms with van der Waals surface area (Å²) in [5.74, 6) is -0.774. The van der Waals surface area contributed by atoms with E-state index in [9.17, 15) is 13.2 Å². The Balaban J connectivity index is 3.08. The van der Waals surface area contributed by atoms with Crippen LogP contribution in [0.2, 0.25) is 4.34 Å². The molecule has 0 radical (unpaired) electrons. The molecule has 7 heteroatoms. The van der Waals surface area contributed by atoms with Gasteiger partial charge >= 0.3 is 6.18 Å². The van der Waals surface area contributed by atoms with Gasteiger partial charge in [0.05, 0.1) is 0 Å². The highest BCUT2D eigenvalue weighted by Crippen LogP contribution is 2.38. The molecule has 1 heterocycles. The van der Waals surface area contributed by atoms with E-state index in [0.29, 0.717) is 0 Å². The fraction of sp³-hybridized carbons (Fsp3) is 0.250. The number of nitrogens with zero attached hydrogens (tertiary/aromatic N) is 1. The van der Waals surface area contributed by atoms with E-state index in [-0.39, 0.29) is 15.7 Å². The summed E-state index contributed by atoms with van der Waals surface area (Å²) in [5, 5.41) is 7.43. The summed E-state index contributed by atoms with van der Waals surface area (Å²) in [6.07, 6.45) is -4.53. The lowest BCUT2D eigenvalue weighted by Gasteiger charge is -1.97. The normalized spacial score (nSPS) is 12.0. The largest absolute Gasteiger partial charge is 0.492 e. The summed E-state index contributed by atoms with van der Waals surface area (Å²) < 4.78 is 34.9. The minimum atomic E-state index is -4.53. The molecule has 1 N–H and O–H groups in total. The molecule has 11 heavy (non-hydrogen) atoms. The number of rotatable bonds is 0. The molecule has 0 fully saturated rings. The zero-order chi connectivity index (χ0) is 8.65. The molecule has 0 saturated heterocycles. The van der Waals surface area contributed by atoms with Crippen LogP contribution in [-0.2, 0) is 6.18 Å². The lowest BCUT2D eigenvalue weighted by Crippen LogP contribution is -2.03. The Labute approximate surface area is 68.3 Å². The minimum absolute atomic E-state index is 0.201. The van der Waals surface area contributed by atoms with Gasteiger partial charge in [0.1, 0.15) is 0 Å². The highest BCUT2D eigenvalue weighted by atomic mass is 35.5. The average Bonchev–Trinajstić information content (AvgIpc) is 2.11. The molecule has 0 unspecified atom stereocenters. The number of hydrogen-bond donors (Lipinski definition) is 1. The predicted molar refractivity (Wildman–Crippen MR) is 33.8 cm³/mol. The number of aromatic nitrogens is 1. The van der Waals surface area contributed by atoms with E-state index in [2.05, 4.69) is 4.98 Å². The van der Waals surface area contributed by atoms with Gasteiger partial charge in [0, 0.05) is 0 Å². The maximum absolute atomic E-state index is 11.8. The molecule has 0 aliphatic rings. The molecular weight excluding hydrogens is 203 g/mol. The quantitative estimate of drug-likeness (QED) is 0.703. The van der Waals surface area contributed by atoms with Crippen molar-refractivity contribution in [1.29, 1.82) is 0 Å². The van der Waals surface area contributed by atoms with Crippen molar-refractivity contribution < 1.29 is 18.3 Å². The van der Waals surface area contributed by atoms with Gasteiger partial charge in [-0.1, -0.05) is 22.9 Å². The average molecular weight is 204 g/mol. The van der Waals surface area contributed by atoms with Crippen LogP contribution >= 0.6 is 22.9 Å². The van der Waals surface area contributed by atoms with Crippen LogP contribution in [0.15, 0.2) is 0 Å². The van der Waals surface area contributed by atoms with Crippen molar-refractivity contribution in [3.8, 4) is 5.88 Å². The second-order valence-electron chi connectivity index (χ2n) is 1.61. The van der Waals surface area contributed by atoms with E-state index in [4.69, 9.17) is 16.7 Å². The van der Waals surface area contributed by atoms with Crippen molar-refractivity contribution >= 4 is 22.9 Å². The Hall–Kier alpha value is -0.490. The molecule has 62 valence electrons. The molecule has 0 aliphatic heterocycles. The van der Waals surface area contributed by atoms with Gasteiger partial charge in [0.25, 0.3) is 0 Å². The number of halogens is 4. The van der Waals surface area contributed by atoms with Crippen LogP contribution in [0.5, 0.6) is 5.88 Å². The van der Waals surface area contributed by atoms with Crippen molar-refractivity contribution in [2.24, 2.45) is 0 Å². The summed E-state index contributed by atoms with van der Waals surface area (Å²) in [4.78, 5) is 2.80. The van der Waals surface area contributed by atoms with E-state index < -0.39 is 17.1 Å². The van der Waals surface area contributed by atoms with E-state index in [1.165, 1.54) is 0 Å². The molecule has 2 nitrogen and oxygen atoms in total. The molecule has 0 amide bonds. The van der Waals surface area contributed by atoms with Crippen molar-refractivity contribution in [3.63, 3.8) is 0 Å². The van der Waals surface area contributed by atoms with Gasteiger partial charge < -0.3 is 5.11 Å². The SMILES string of the molecule is Oc1nc(C(F)(F)F)sc1Cl. The molecule has 0 aliphatic carbocycles. The molecule has 0 aromatic carbocycles. The lowest BCUT2D eigenvalue weighted by molar-refractivity contribution is -0.137. The maximum atomic E-state index is 11.8. The van der Waals surface area contributed by atoms with Crippen molar-refractivity contribution in [2.75, 3.05) is 0 Å². The van der Waals surface area contributed by atoms with Gasteiger partial charge in [-0.2, -0.15) is 18.2 Å². The van der Waals surface area contributed by atoms with Crippen LogP contribution in [0.25, 0.3) is 0 Å². The number of thiazole rings is 1. The third-order valence-electron chi connectivity index (χ3n) is 0.812. The Morgan fingerprint density at radius 2 is 2.00 bits per heavy atom. The van der Waals surface area contributed by atoms with Crippen LogP contribution in [0.4, 0.5) is 13.2 Å². The monoisotopic (exact) mass is 203 g/mol. The highest BCUT2D eigenvalue weighted by molar-refractivity contribution is 7.16. The molecule has 0 atom stereocenters. The Morgan fingerprint density at radius 1 is 1.45 bits per heavy atom. The zero-order valence-corrected chi connectivity index (χ0v) is 6.39. The van der Waals surface area contributed by atoms with Crippen LogP contribution in [0, 0.1) is 0 Å². The second kappa shape index (κ2) is 2.53. The van der Waals surface area contributed by atoms with Crippen LogP contribution in [-0.4, -0.2) is 10.1 Å². The zero-order valence-electron chi connectivity index (χ0n) is 4.81. The van der Waals surface area contributed by atoms with E-state index in [0.717, 1.165) is 0 Å². The van der Waals surface area contributed by atoms with Crippen molar-refractivity contribution in [2.45, 2.75) is 6.18 Å². The number of aromatic hydroxyl groups is 1. The predicted octanol–water partition coefficient (Wildman–Crippen LogP) is 2.52. The second-order valence-corrected chi connectivity index (χ2v) is 3.22. The molecule has 1 rings (SSSR count). The Bertz CT molecular complexity index is 251. The molecule has 1 aromatic heterocycles. The third-order valence-corrected chi connectivity index (χ3v) is 2.09. The van der Waals surface area contributed by atoms with Gasteiger partial charge in [-0.15, -0.1) is 0 Å². The summed E-state index contributed by atoms with van der Waals surface area (Å²) in [6, 6.07) is 0. The maximum Gasteiger partial charge on any atom is 0.443 e. The first-order valence-corrected chi connectivity index (χ1v) is 3.53. The van der Waals surface area contributed by atoms with Crippen LogP contribution in [0.3, 0.4) is 0 Å². The lowest BCUT2D eigenvalue weighted by atomic mass is 10.7. The minimum Gasteiger partial charge on any atom is -0.492 e. The number of hydrogen-bond acceptors (Lipinski definition) is 3. The van der Waals surface area contributed by atoms with E-state index in [1.807, 2.05) is 0 Å². The molecule has 0 bridgehead atoms. The van der Waals surface area contributed by atoms with Crippen molar-refractivity contribution in [3.05, 3.63) is 9.34 Å². The van der Waals surface area contributed by atoms with Crippen LogP contribution in [0.1, 0.15) is 5.01 Å². The first kappa shape index (κ1) is 8.61. The van der Waals surface area contributed by atoms with Crippen LogP contribution < -0.4 is 0 Å². The standard InChI is InChI=1S/C4HClF3NOS/c5-1-2(10)9-3(11-1)4(6,7)8/h10H. The van der Waals surface area contributed by atoms with E-state index in [1.54, 1.807) is 0 Å². The first-order chi connectivity index (χ1) is 4.91. The fourth-order valence-corrected chi connectivity index (χ4v) is 1.23. The highest BCUT2D eigenvalue weighted by Gasteiger charge is 2.35. The summed E-state index contributed by atoms with van der Waals surface area (Å²) in [5.41, 5.74) is 0. The fourth-order valence-electron chi connectivity index (χ4n) is 0.415. The van der Waals surface area contributed by atoms with E-state index >= 15 is 0 Å².